The molecule has 2 nitrogen and oxygen atoms in total. The Balaban J connectivity index is 2.07. The van der Waals surface area contributed by atoms with Gasteiger partial charge >= 0.3 is 0 Å². The maximum Gasteiger partial charge on any atom is 0.135 e. The van der Waals surface area contributed by atoms with Gasteiger partial charge in [-0.15, -0.1) is 0 Å². The van der Waals surface area contributed by atoms with Crippen molar-refractivity contribution in [1.82, 2.24) is 9.78 Å². The van der Waals surface area contributed by atoms with Gasteiger partial charge in [0.25, 0.3) is 0 Å². The first-order chi connectivity index (χ1) is 10.0. The van der Waals surface area contributed by atoms with Crippen molar-refractivity contribution in [1.29, 1.82) is 0 Å². The zero-order valence-electron chi connectivity index (χ0n) is 11.1. The number of hydrogen-bond acceptors (Lipinski definition) is 1. The Kier molecular flexibility index (Phi) is 3.47. The average molecular weight is 305 g/mol. The summed E-state index contributed by atoms with van der Waals surface area (Å²) in [5, 5.41) is 4.94. The molecule has 0 bridgehead atoms. The van der Waals surface area contributed by atoms with Crippen LogP contribution in [0.5, 0.6) is 0 Å². The van der Waals surface area contributed by atoms with Crippen LogP contribution in [-0.4, -0.2) is 9.78 Å². The molecule has 1 heterocycles. The second-order valence-corrected chi connectivity index (χ2v) is 5.11. The van der Waals surface area contributed by atoms with Crippen LogP contribution < -0.4 is 0 Å². The minimum Gasteiger partial charge on any atom is -0.267 e. The van der Waals surface area contributed by atoms with Crippen molar-refractivity contribution < 1.29 is 8.78 Å². The zero-order valence-corrected chi connectivity index (χ0v) is 11.9. The smallest absolute Gasteiger partial charge is 0.135 e. The topological polar surface area (TPSA) is 17.8 Å². The Labute approximate surface area is 125 Å². The molecule has 0 amide bonds. The van der Waals surface area contributed by atoms with Gasteiger partial charge in [-0.3, -0.25) is 4.68 Å². The molecule has 0 aliphatic heterocycles. The molecule has 106 valence electrons. The molecule has 3 rings (SSSR count). The van der Waals surface area contributed by atoms with E-state index in [1.165, 1.54) is 12.1 Å². The lowest BCUT2D eigenvalue weighted by Gasteiger charge is -2.00. The first-order valence-electron chi connectivity index (χ1n) is 6.30. The number of halogens is 3. The third-order valence-corrected chi connectivity index (χ3v) is 3.48. The van der Waals surface area contributed by atoms with E-state index in [0.717, 1.165) is 17.3 Å². The first kappa shape index (κ1) is 13.8. The highest BCUT2D eigenvalue weighted by molar-refractivity contribution is 6.30. The Bertz CT molecular complexity index is 795. The van der Waals surface area contributed by atoms with E-state index in [1.54, 1.807) is 29.9 Å². The monoisotopic (exact) mass is 304 g/mol. The minimum atomic E-state index is -0.629. The van der Waals surface area contributed by atoms with Crippen LogP contribution >= 0.6 is 11.6 Å². The average Bonchev–Trinajstić information content (AvgIpc) is 2.81. The maximum absolute atomic E-state index is 13.8. The largest absolute Gasteiger partial charge is 0.267 e. The highest BCUT2D eigenvalue weighted by Gasteiger charge is 2.13. The van der Waals surface area contributed by atoms with Gasteiger partial charge in [0.05, 0.1) is 11.4 Å². The van der Waals surface area contributed by atoms with Gasteiger partial charge in [-0.25, -0.2) is 8.78 Å². The Morgan fingerprint density at radius 1 is 1.00 bits per heavy atom. The summed E-state index contributed by atoms with van der Waals surface area (Å²) < 4.78 is 28.5. The van der Waals surface area contributed by atoms with Crippen molar-refractivity contribution in [2.75, 3.05) is 0 Å². The van der Waals surface area contributed by atoms with Gasteiger partial charge in [-0.1, -0.05) is 23.7 Å². The minimum absolute atomic E-state index is 0.271. The molecule has 0 aliphatic rings. The number of aryl methyl sites for hydroxylation is 1. The molecule has 0 radical (unpaired) electrons. The summed E-state index contributed by atoms with van der Waals surface area (Å²) in [5.41, 5.74) is 2.47. The summed E-state index contributed by atoms with van der Waals surface area (Å²) in [4.78, 5) is 0. The number of hydrogen-bond donors (Lipinski definition) is 0. The molecule has 2 aromatic carbocycles. The van der Waals surface area contributed by atoms with E-state index < -0.39 is 11.6 Å². The first-order valence-corrected chi connectivity index (χ1v) is 6.68. The fraction of sp³-hybridized carbons (Fsp3) is 0.0625. The summed E-state index contributed by atoms with van der Waals surface area (Å²) in [6.45, 7) is 0. The second kappa shape index (κ2) is 5.30. The van der Waals surface area contributed by atoms with Crippen LogP contribution in [0.1, 0.15) is 0 Å². The predicted molar refractivity (Wildman–Crippen MR) is 79.0 cm³/mol. The van der Waals surface area contributed by atoms with Gasteiger partial charge in [0.15, 0.2) is 0 Å². The van der Waals surface area contributed by atoms with Crippen LogP contribution in [0.2, 0.25) is 5.02 Å². The summed E-state index contributed by atoms with van der Waals surface area (Å²) in [6.07, 6.45) is 0. The SMILES string of the molecule is Cn1nc(-c2ccc(F)cc2F)cc1-c1ccc(Cl)cc1. The molecule has 5 heteroatoms. The zero-order chi connectivity index (χ0) is 15.0. The number of benzene rings is 2. The lowest BCUT2D eigenvalue weighted by molar-refractivity contribution is 0.585. The van der Waals surface area contributed by atoms with Crippen LogP contribution in [0.3, 0.4) is 0 Å². The highest BCUT2D eigenvalue weighted by atomic mass is 35.5. The van der Waals surface area contributed by atoms with E-state index in [-0.39, 0.29) is 5.56 Å². The molecule has 3 aromatic rings. The van der Waals surface area contributed by atoms with E-state index in [0.29, 0.717) is 10.7 Å². The summed E-state index contributed by atoms with van der Waals surface area (Å²) in [6, 6.07) is 12.5. The molecule has 0 unspecified atom stereocenters. The van der Waals surface area contributed by atoms with Gasteiger partial charge in [-0.05, 0) is 35.9 Å². The van der Waals surface area contributed by atoms with E-state index in [9.17, 15) is 8.78 Å². The van der Waals surface area contributed by atoms with E-state index >= 15 is 0 Å². The molecule has 21 heavy (non-hydrogen) atoms. The van der Waals surface area contributed by atoms with Crippen LogP contribution in [-0.2, 0) is 7.05 Å². The van der Waals surface area contributed by atoms with Crippen molar-refractivity contribution in [3.05, 3.63) is 65.2 Å². The normalized spacial score (nSPS) is 10.9. The second-order valence-electron chi connectivity index (χ2n) is 4.67. The molecule has 1 aromatic heterocycles. The van der Waals surface area contributed by atoms with Gasteiger partial charge in [-0.2, -0.15) is 5.10 Å². The fourth-order valence-electron chi connectivity index (χ4n) is 2.19. The molecule has 0 aliphatic carbocycles. The molecule has 0 atom stereocenters. The summed E-state index contributed by atoms with van der Waals surface area (Å²) in [7, 11) is 1.77. The van der Waals surface area contributed by atoms with Crippen molar-refractivity contribution >= 4 is 11.6 Å². The number of nitrogens with zero attached hydrogens (tertiary/aromatic N) is 2. The third-order valence-electron chi connectivity index (χ3n) is 3.23. The molecule has 0 fully saturated rings. The van der Waals surface area contributed by atoms with Gasteiger partial charge in [0.2, 0.25) is 0 Å². The standard InChI is InChI=1S/C16H11ClF2N2/c1-21-16(10-2-4-11(17)5-3-10)9-15(20-21)13-7-6-12(18)8-14(13)19/h2-9H,1H3. The van der Waals surface area contributed by atoms with Crippen LogP contribution in [0.15, 0.2) is 48.5 Å². The molecular formula is C16H11ClF2N2. The lowest BCUT2D eigenvalue weighted by Crippen LogP contribution is -1.94. The molecule has 0 N–H and O–H groups in total. The van der Waals surface area contributed by atoms with Crippen molar-refractivity contribution in [2.24, 2.45) is 7.05 Å². The molecular weight excluding hydrogens is 294 g/mol. The molecule has 0 spiro atoms. The van der Waals surface area contributed by atoms with E-state index in [2.05, 4.69) is 5.10 Å². The quantitative estimate of drug-likeness (QED) is 0.672. The highest BCUT2D eigenvalue weighted by Crippen LogP contribution is 2.28. The maximum atomic E-state index is 13.8. The Hall–Kier alpha value is -2.20. The third kappa shape index (κ3) is 2.67. The van der Waals surface area contributed by atoms with Gasteiger partial charge in [0.1, 0.15) is 11.6 Å². The molecule has 0 saturated carbocycles. The van der Waals surface area contributed by atoms with E-state index in [4.69, 9.17) is 11.6 Å². The van der Waals surface area contributed by atoms with Gasteiger partial charge < -0.3 is 0 Å². The van der Waals surface area contributed by atoms with Crippen LogP contribution in [0.4, 0.5) is 8.78 Å². The van der Waals surface area contributed by atoms with Gasteiger partial charge in [0, 0.05) is 23.7 Å². The summed E-state index contributed by atoms with van der Waals surface area (Å²) in [5.74, 6) is -1.24. The van der Waals surface area contributed by atoms with E-state index in [1.807, 2.05) is 12.1 Å². The van der Waals surface area contributed by atoms with Crippen molar-refractivity contribution in [3.63, 3.8) is 0 Å². The number of aromatic nitrogens is 2. The number of rotatable bonds is 2. The predicted octanol–water partition coefficient (Wildman–Crippen LogP) is 4.69. The molecule has 0 saturated heterocycles. The Morgan fingerprint density at radius 3 is 2.38 bits per heavy atom. The van der Waals surface area contributed by atoms with Crippen molar-refractivity contribution in [2.45, 2.75) is 0 Å². The van der Waals surface area contributed by atoms with Crippen LogP contribution in [0, 0.1) is 11.6 Å². The van der Waals surface area contributed by atoms with Crippen LogP contribution in [0.25, 0.3) is 22.5 Å². The van der Waals surface area contributed by atoms with Crippen molar-refractivity contribution in [3.8, 4) is 22.5 Å². The Morgan fingerprint density at radius 2 is 1.71 bits per heavy atom. The summed E-state index contributed by atoms with van der Waals surface area (Å²) >= 11 is 5.87. The lowest BCUT2D eigenvalue weighted by atomic mass is 10.1. The fourth-order valence-corrected chi connectivity index (χ4v) is 2.31.